The van der Waals surface area contributed by atoms with E-state index in [1.807, 2.05) is 36.4 Å². The molecule has 10 rings (SSSR count). The van der Waals surface area contributed by atoms with Crippen molar-refractivity contribution in [2.45, 2.75) is 96.4 Å². The van der Waals surface area contributed by atoms with E-state index in [1.54, 1.807) is 12.4 Å². The Kier molecular flexibility index (Phi) is 18.2. The molecule has 0 unspecified atom stereocenters. The van der Waals surface area contributed by atoms with Gasteiger partial charge in [-0.3, -0.25) is 9.97 Å². The predicted octanol–water partition coefficient (Wildman–Crippen LogP) is 17.3. The van der Waals surface area contributed by atoms with Crippen molar-refractivity contribution in [2.75, 3.05) is 0 Å². The lowest BCUT2D eigenvalue weighted by atomic mass is 9.98. The maximum absolute atomic E-state index is 5.02. The van der Waals surface area contributed by atoms with Crippen molar-refractivity contribution in [3.63, 3.8) is 0 Å². The van der Waals surface area contributed by atoms with E-state index in [-0.39, 0.29) is 0 Å². The van der Waals surface area contributed by atoms with Crippen LogP contribution in [0.1, 0.15) is 83.5 Å². The lowest BCUT2D eigenvalue weighted by Gasteiger charge is -2.13. The first-order chi connectivity index (χ1) is 33.6. The molecule has 0 N–H and O–H groups in total. The van der Waals surface area contributed by atoms with E-state index in [9.17, 15) is 0 Å². The Balaban J connectivity index is 0.000000152. The van der Waals surface area contributed by atoms with Crippen molar-refractivity contribution in [3.05, 3.63) is 260 Å². The molecule has 2 heterocycles. The number of hydrogen-bond donors (Lipinski definition) is 0. The molecule has 0 saturated heterocycles. The van der Waals surface area contributed by atoms with E-state index in [1.165, 1.54) is 72.3 Å². The first-order valence-electron chi connectivity index (χ1n) is 24.3. The number of aryl methyl sites for hydroxylation is 13. The van der Waals surface area contributed by atoms with Crippen LogP contribution >= 0.6 is 0 Å². The van der Waals surface area contributed by atoms with Crippen LogP contribution in [0.25, 0.3) is 44.6 Å². The van der Waals surface area contributed by atoms with Crippen molar-refractivity contribution in [2.24, 2.45) is 0 Å². The van der Waals surface area contributed by atoms with Crippen molar-refractivity contribution >= 4 is 22.1 Å². The fraction of sp³-hybridized carbons (Fsp3) is 0.212. The normalized spacial score (nSPS) is 10.4. The van der Waals surface area contributed by atoms with Crippen LogP contribution in [0.4, 0.5) is 0 Å². The molecule has 0 radical (unpaired) electrons. The number of rotatable bonds is 4. The van der Waals surface area contributed by atoms with E-state index in [0.717, 1.165) is 62.1 Å². The number of aromatic nitrogens is 4. The SMILES string of the molecule is Cc1cc(C)c(C)cc1C.Cc1ccc(C)c2nc(-c3ccccc3)c(-c3ccccc3)nc12.Cc1ccc(C)c2nccnc12.Cc1ccc(C)cc1.Cc1ccc(Cc2ccc(C)cc2C)cc1. The summed E-state index contributed by atoms with van der Waals surface area (Å²) < 4.78 is 0. The maximum Gasteiger partial charge on any atom is 0.0973 e. The zero-order valence-electron chi connectivity index (χ0n) is 43.7. The molecule has 354 valence electrons. The summed E-state index contributed by atoms with van der Waals surface area (Å²) in [7, 11) is 0. The van der Waals surface area contributed by atoms with Gasteiger partial charge in [0.1, 0.15) is 0 Å². The van der Waals surface area contributed by atoms with Crippen molar-refractivity contribution in [1.29, 1.82) is 0 Å². The molecule has 4 nitrogen and oxygen atoms in total. The van der Waals surface area contributed by atoms with Gasteiger partial charge in [-0.05, 0) is 158 Å². The van der Waals surface area contributed by atoms with E-state index >= 15 is 0 Å². The van der Waals surface area contributed by atoms with Gasteiger partial charge in [-0.1, -0.05) is 186 Å². The van der Waals surface area contributed by atoms with Crippen molar-refractivity contribution < 1.29 is 0 Å². The van der Waals surface area contributed by atoms with Crippen LogP contribution in [0, 0.1) is 90.0 Å². The molecule has 70 heavy (non-hydrogen) atoms. The third-order valence-corrected chi connectivity index (χ3v) is 12.7. The monoisotopic (exact) mass is 919 g/mol. The van der Waals surface area contributed by atoms with Crippen molar-refractivity contribution in [3.8, 4) is 22.5 Å². The Morgan fingerprint density at radius 1 is 0.286 bits per heavy atom. The Bertz CT molecular complexity index is 3090. The predicted molar refractivity (Wildman–Crippen MR) is 300 cm³/mol. The van der Waals surface area contributed by atoms with E-state index in [4.69, 9.17) is 9.97 Å². The third-order valence-electron chi connectivity index (χ3n) is 12.7. The smallest absolute Gasteiger partial charge is 0.0973 e. The lowest BCUT2D eigenvalue weighted by Crippen LogP contribution is -1.98. The highest BCUT2D eigenvalue weighted by Gasteiger charge is 2.15. The lowest BCUT2D eigenvalue weighted by molar-refractivity contribution is 1.14. The van der Waals surface area contributed by atoms with Gasteiger partial charge in [0.05, 0.1) is 33.5 Å². The fourth-order valence-electron chi connectivity index (χ4n) is 8.02. The van der Waals surface area contributed by atoms with Crippen LogP contribution in [0.15, 0.2) is 176 Å². The topological polar surface area (TPSA) is 51.6 Å². The summed E-state index contributed by atoms with van der Waals surface area (Å²) in [6.45, 7) is 27.6. The van der Waals surface area contributed by atoms with Gasteiger partial charge in [0.25, 0.3) is 0 Å². The van der Waals surface area contributed by atoms with Crippen LogP contribution in [0.3, 0.4) is 0 Å². The van der Waals surface area contributed by atoms with Crippen LogP contribution < -0.4 is 0 Å². The summed E-state index contributed by atoms with van der Waals surface area (Å²) in [6, 6.07) is 57.4. The van der Waals surface area contributed by atoms with Crippen LogP contribution in [-0.2, 0) is 6.42 Å². The summed E-state index contributed by atoms with van der Waals surface area (Å²) in [6.07, 6.45) is 4.50. The largest absolute Gasteiger partial charge is 0.253 e. The first-order valence-corrected chi connectivity index (χ1v) is 24.3. The molecule has 2 aromatic heterocycles. The Morgan fingerprint density at radius 3 is 1.00 bits per heavy atom. The summed E-state index contributed by atoms with van der Waals surface area (Å²) in [5, 5.41) is 0. The fourth-order valence-corrected chi connectivity index (χ4v) is 8.02. The highest BCUT2D eigenvalue weighted by Crippen LogP contribution is 2.32. The number of hydrogen-bond acceptors (Lipinski definition) is 4. The minimum atomic E-state index is 0.933. The van der Waals surface area contributed by atoms with Crippen LogP contribution in [0.5, 0.6) is 0 Å². The Labute approximate surface area is 418 Å². The van der Waals surface area contributed by atoms with E-state index in [0.29, 0.717) is 0 Å². The molecular formula is C66H70N4. The van der Waals surface area contributed by atoms with Gasteiger partial charge in [0.15, 0.2) is 0 Å². The standard InChI is InChI=1S/C22H18N2.C16H18.C10H10N2.C10H14.C8H10/c1-15-13-14-16(2)20-19(15)23-21(17-9-5-3-6-10-17)22(24-20)18-11-7-4-8-12-18;1-12-4-7-15(8-5-12)11-16-9-6-13(2)10-14(16)3;1-7-3-4-8(2)10-9(7)11-5-6-12-10;1-7-5-9(3)10(4)6-8(7)2;1-7-3-5-8(2)6-4-7/h3-14H,1-2H3;4-10H,11H2,1-3H3;3-6H,1-2H3;5-6H,1-4H3;3-6H,1-2H3. The first kappa shape index (κ1) is 51.8. The number of fused-ring (bicyclic) bond motifs is 2. The molecule has 0 aliphatic carbocycles. The molecule has 8 aromatic carbocycles. The van der Waals surface area contributed by atoms with Gasteiger partial charge in [0.2, 0.25) is 0 Å². The van der Waals surface area contributed by atoms with Crippen LogP contribution in [0.2, 0.25) is 0 Å². The second-order valence-corrected chi connectivity index (χ2v) is 18.8. The summed E-state index contributed by atoms with van der Waals surface area (Å²) in [4.78, 5) is 18.6. The molecule has 0 aliphatic heterocycles. The molecule has 0 atom stereocenters. The number of nitrogens with zero attached hydrogens (tertiary/aromatic N) is 4. The molecule has 0 saturated carbocycles. The summed E-state index contributed by atoms with van der Waals surface area (Å²) in [5.41, 5.74) is 27.8. The van der Waals surface area contributed by atoms with Gasteiger partial charge >= 0.3 is 0 Å². The van der Waals surface area contributed by atoms with Gasteiger partial charge < -0.3 is 0 Å². The second kappa shape index (κ2) is 24.6. The minimum absolute atomic E-state index is 0.933. The summed E-state index contributed by atoms with van der Waals surface area (Å²) >= 11 is 0. The molecule has 0 fully saturated rings. The molecule has 4 heteroatoms. The average molecular weight is 919 g/mol. The van der Waals surface area contributed by atoms with Gasteiger partial charge in [-0.25, -0.2) is 9.97 Å². The van der Waals surface area contributed by atoms with Gasteiger partial charge in [-0.2, -0.15) is 0 Å². The molecule has 0 bridgehead atoms. The molecular weight excluding hydrogens is 849 g/mol. The zero-order valence-corrected chi connectivity index (χ0v) is 43.7. The van der Waals surface area contributed by atoms with Gasteiger partial charge in [0, 0.05) is 23.5 Å². The minimum Gasteiger partial charge on any atom is -0.253 e. The molecule has 0 aliphatic rings. The highest BCUT2D eigenvalue weighted by atomic mass is 14.8. The second-order valence-electron chi connectivity index (χ2n) is 18.8. The maximum atomic E-state index is 5.02. The molecule has 0 amide bonds. The van der Waals surface area contributed by atoms with E-state index in [2.05, 4.69) is 227 Å². The number of benzene rings is 8. The van der Waals surface area contributed by atoms with Crippen molar-refractivity contribution in [1.82, 2.24) is 19.9 Å². The van der Waals surface area contributed by atoms with Gasteiger partial charge in [-0.15, -0.1) is 0 Å². The molecule has 0 spiro atoms. The zero-order chi connectivity index (χ0) is 50.3. The highest BCUT2D eigenvalue weighted by molar-refractivity contribution is 5.89. The third kappa shape index (κ3) is 14.2. The van der Waals surface area contributed by atoms with Crippen LogP contribution in [-0.4, -0.2) is 19.9 Å². The average Bonchev–Trinajstić information content (AvgIpc) is 3.37. The van der Waals surface area contributed by atoms with E-state index < -0.39 is 0 Å². The molecule has 10 aromatic rings. The quantitative estimate of drug-likeness (QED) is 0.176. The Morgan fingerprint density at radius 2 is 0.629 bits per heavy atom. The summed E-state index contributed by atoms with van der Waals surface area (Å²) in [5.74, 6) is 0. The Hall–Kier alpha value is -7.56.